The number of nitrogens with zero attached hydrogens (tertiary/aromatic N) is 3. The minimum atomic E-state index is 0. The Balaban J connectivity index is 0.00000192. The van der Waals surface area contributed by atoms with E-state index in [9.17, 15) is 0 Å². The summed E-state index contributed by atoms with van der Waals surface area (Å²) < 4.78 is 0. The van der Waals surface area contributed by atoms with Crippen molar-refractivity contribution in [1.82, 2.24) is 9.97 Å². The van der Waals surface area contributed by atoms with Crippen molar-refractivity contribution in [3.63, 3.8) is 0 Å². The number of aliphatic imine (C=N–C) groups is 1. The molecule has 1 heterocycles. The summed E-state index contributed by atoms with van der Waals surface area (Å²) in [6.07, 6.45) is 3.59. The molecule has 23 heavy (non-hydrogen) atoms. The minimum Gasteiger partial charge on any atom is -0.370 e. The van der Waals surface area contributed by atoms with Crippen LogP contribution in [0.5, 0.6) is 0 Å². The molecule has 1 aromatic heterocycles. The smallest absolute Gasteiger partial charge is 0.193 e. The van der Waals surface area contributed by atoms with Gasteiger partial charge in [0.05, 0.1) is 12.2 Å². The van der Waals surface area contributed by atoms with Gasteiger partial charge in [-0.15, -0.1) is 24.0 Å². The number of aryl methyl sites for hydroxylation is 4. The van der Waals surface area contributed by atoms with Gasteiger partial charge in [0.25, 0.3) is 0 Å². The number of hydrogen-bond acceptors (Lipinski definition) is 3. The number of hydrogen-bond donors (Lipinski definition) is 2. The molecule has 2 aromatic rings. The first-order chi connectivity index (χ1) is 10.6. The third kappa shape index (κ3) is 4.63. The van der Waals surface area contributed by atoms with Crippen LogP contribution >= 0.6 is 24.0 Å². The number of nitrogens with one attached hydrogen (secondary N) is 1. The lowest BCUT2D eigenvalue weighted by molar-refractivity contribution is 0.906. The maximum Gasteiger partial charge on any atom is 0.193 e. The Bertz CT molecular complexity index is 707. The highest BCUT2D eigenvalue weighted by molar-refractivity contribution is 14.0. The van der Waals surface area contributed by atoms with E-state index in [1.807, 2.05) is 19.9 Å². The number of fused-ring (bicyclic) bond motifs is 1. The van der Waals surface area contributed by atoms with Crippen LogP contribution in [-0.4, -0.2) is 15.9 Å². The van der Waals surface area contributed by atoms with Crippen LogP contribution in [0.3, 0.4) is 0 Å². The van der Waals surface area contributed by atoms with Gasteiger partial charge < -0.3 is 11.1 Å². The fraction of sp³-hybridized carbons (Fsp3) is 0.353. The standard InChI is InChI=1S/C17H21N5.HI/c1-11-8-16(21-12(2)20-11)10-19-17(18)22-15-7-6-13-4-3-5-14(13)9-15;/h6-9H,3-5,10H2,1-2H3,(H3,18,19,22);1H. The summed E-state index contributed by atoms with van der Waals surface area (Å²) in [5, 5.41) is 3.16. The van der Waals surface area contributed by atoms with Crippen molar-refractivity contribution in [3.05, 3.63) is 52.6 Å². The Morgan fingerprint density at radius 1 is 1.17 bits per heavy atom. The van der Waals surface area contributed by atoms with E-state index < -0.39 is 0 Å². The van der Waals surface area contributed by atoms with Crippen LogP contribution in [0, 0.1) is 13.8 Å². The molecule has 3 N–H and O–H groups in total. The average molecular weight is 423 g/mol. The molecule has 0 fully saturated rings. The van der Waals surface area contributed by atoms with E-state index in [0.29, 0.717) is 12.5 Å². The van der Waals surface area contributed by atoms with Crippen LogP contribution in [0.25, 0.3) is 0 Å². The maximum atomic E-state index is 5.97. The van der Waals surface area contributed by atoms with Crippen LogP contribution in [0.15, 0.2) is 29.3 Å². The Labute approximate surface area is 153 Å². The van der Waals surface area contributed by atoms with Gasteiger partial charge in [-0.1, -0.05) is 6.07 Å². The Morgan fingerprint density at radius 2 is 1.96 bits per heavy atom. The zero-order valence-electron chi connectivity index (χ0n) is 13.5. The monoisotopic (exact) mass is 423 g/mol. The number of halogens is 1. The largest absolute Gasteiger partial charge is 0.370 e. The van der Waals surface area contributed by atoms with Crippen molar-refractivity contribution < 1.29 is 0 Å². The molecule has 5 nitrogen and oxygen atoms in total. The Hall–Kier alpha value is -1.70. The molecule has 3 rings (SSSR count). The van der Waals surface area contributed by atoms with Crippen LogP contribution in [-0.2, 0) is 19.4 Å². The maximum absolute atomic E-state index is 5.97. The highest BCUT2D eigenvalue weighted by atomic mass is 127. The normalized spacial score (nSPS) is 13.4. The molecule has 0 saturated carbocycles. The number of guanidine groups is 1. The highest BCUT2D eigenvalue weighted by Crippen LogP contribution is 2.24. The first kappa shape index (κ1) is 17.7. The lowest BCUT2D eigenvalue weighted by Gasteiger charge is -2.08. The van der Waals surface area contributed by atoms with Gasteiger partial charge in [0.2, 0.25) is 0 Å². The Kier molecular flexibility index (Phi) is 5.92. The number of anilines is 1. The average Bonchev–Trinajstić information content (AvgIpc) is 2.92. The fourth-order valence-corrected chi connectivity index (χ4v) is 2.88. The first-order valence-corrected chi connectivity index (χ1v) is 7.60. The molecule has 1 aliphatic rings. The molecular formula is C17H22IN5. The zero-order valence-corrected chi connectivity index (χ0v) is 15.8. The topological polar surface area (TPSA) is 76.2 Å². The molecule has 0 saturated heterocycles. The molecule has 0 unspecified atom stereocenters. The summed E-state index contributed by atoms with van der Waals surface area (Å²) in [6, 6.07) is 8.34. The summed E-state index contributed by atoms with van der Waals surface area (Å²) >= 11 is 0. The van der Waals surface area contributed by atoms with Gasteiger partial charge in [0.1, 0.15) is 5.82 Å². The highest BCUT2D eigenvalue weighted by Gasteiger charge is 2.10. The third-order valence-electron chi connectivity index (χ3n) is 3.80. The predicted octanol–water partition coefficient (Wildman–Crippen LogP) is 3.13. The zero-order chi connectivity index (χ0) is 15.5. The molecule has 0 atom stereocenters. The number of rotatable bonds is 3. The summed E-state index contributed by atoms with van der Waals surface area (Å²) in [5.41, 5.74) is 11.7. The van der Waals surface area contributed by atoms with Crippen LogP contribution in [0.1, 0.15) is 34.8 Å². The molecule has 1 aromatic carbocycles. The van der Waals surface area contributed by atoms with E-state index in [-0.39, 0.29) is 24.0 Å². The fourth-order valence-electron chi connectivity index (χ4n) is 2.88. The van der Waals surface area contributed by atoms with Crippen molar-refractivity contribution in [1.29, 1.82) is 0 Å². The van der Waals surface area contributed by atoms with E-state index in [4.69, 9.17) is 5.73 Å². The Morgan fingerprint density at radius 3 is 2.74 bits per heavy atom. The van der Waals surface area contributed by atoms with Crippen LogP contribution in [0.4, 0.5) is 5.69 Å². The summed E-state index contributed by atoms with van der Waals surface area (Å²) in [5.74, 6) is 1.17. The molecule has 0 amide bonds. The summed E-state index contributed by atoms with van der Waals surface area (Å²) in [7, 11) is 0. The van der Waals surface area contributed by atoms with Crippen molar-refractivity contribution in [2.45, 2.75) is 39.7 Å². The molecule has 0 radical (unpaired) electrons. The lowest BCUT2D eigenvalue weighted by Crippen LogP contribution is -2.22. The second kappa shape index (κ2) is 7.72. The van der Waals surface area contributed by atoms with Crippen LogP contribution < -0.4 is 11.1 Å². The minimum absolute atomic E-state index is 0. The molecule has 122 valence electrons. The van der Waals surface area contributed by atoms with Gasteiger partial charge >= 0.3 is 0 Å². The van der Waals surface area contributed by atoms with Gasteiger partial charge in [0, 0.05) is 11.4 Å². The quantitative estimate of drug-likeness (QED) is 0.452. The third-order valence-corrected chi connectivity index (χ3v) is 3.80. The van der Waals surface area contributed by atoms with Gasteiger partial charge in [-0.05, 0) is 62.4 Å². The van der Waals surface area contributed by atoms with Crippen molar-refractivity contribution in [3.8, 4) is 0 Å². The van der Waals surface area contributed by atoms with Crippen molar-refractivity contribution in [2.75, 3.05) is 5.32 Å². The van der Waals surface area contributed by atoms with Gasteiger partial charge in [-0.25, -0.2) is 15.0 Å². The molecule has 1 aliphatic carbocycles. The predicted molar refractivity (Wildman–Crippen MR) is 104 cm³/mol. The second-order valence-corrected chi connectivity index (χ2v) is 5.71. The van der Waals surface area contributed by atoms with E-state index in [1.165, 1.54) is 24.0 Å². The molecule has 0 aliphatic heterocycles. The van der Waals surface area contributed by atoms with E-state index in [0.717, 1.165) is 29.3 Å². The first-order valence-electron chi connectivity index (χ1n) is 7.60. The molecule has 0 bridgehead atoms. The number of aromatic nitrogens is 2. The summed E-state index contributed by atoms with van der Waals surface area (Å²) in [4.78, 5) is 13.0. The van der Waals surface area contributed by atoms with E-state index in [2.05, 4.69) is 38.5 Å². The van der Waals surface area contributed by atoms with Gasteiger partial charge in [-0.3, -0.25) is 0 Å². The summed E-state index contributed by atoms with van der Waals surface area (Å²) in [6.45, 7) is 4.29. The number of nitrogens with two attached hydrogens (primary N) is 1. The van der Waals surface area contributed by atoms with Crippen molar-refractivity contribution in [2.24, 2.45) is 10.7 Å². The van der Waals surface area contributed by atoms with Gasteiger partial charge in [-0.2, -0.15) is 0 Å². The van der Waals surface area contributed by atoms with E-state index >= 15 is 0 Å². The second-order valence-electron chi connectivity index (χ2n) is 5.71. The number of benzene rings is 1. The van der Waals surface area contributed by atoms with Gasteiger partial charge in [0.15, 0.2) is 5.96 Å². The molecule has 6 heteroatoms. The molecule has 0 spiro atoms. The van der Waals surface area contributed by atoms with Crippen LogP contribution in [0.2, 0.25) is 0 Å². The lowest BCUT2D eigenvalue weighted by atomic mass is 10.1. The van der Waals surface area contributed by atoms with Crippen molar-refractivity contribution >= 4 is 35.6 Å². The SMILES string of the molecule is Cc1cc(CN=C(N)Nc2ccc3c(c2)CCC3)nc(C)n1.I. The molecular weight excluding hydrogens is 401 g/mol. The van der Waals surface area contributed by atoms with E-state index in [1.54, 1.807) is 0 Å².